The highest BCUT2D eigenvalue weighted by molar-refractivity contribution is 5.33. The SMILES string of the molecule is CCNCC(CC)Cc1c(C)cccc1C. The molecule has 1 unspecified atom stereocenters. The number of nitrogens with one attached hydrogen (secondary N) is 1. The Morgan fingerprint density at radius 1 is 1.12 bits per heavy atom. The molecule has 0 saturated carbocycles. The Hall–Kier alpha value is -0.820. The van der Waals surface area contributed by atoms with Crippen LogP contribution >= 0.6 is 0 Å². The second-order valence-corrected chi connectivity index (χ2v) is 4.66. The first-order valence-electron chi connectivity index (χ1n) is 6.44. The minimum absolute atomic E-state index is 0.764. The van der Waals surface area contributed by atoms with Crippen LogP contribution in [0.3, 0.4) is 0 Å². The van der Waals surface area contributed by atoms with Crippen LogP contribution in [0.5, 0.6) is 0 Å². The van der Waals surface area contributed by atoms with Gasteiger partial charge in [0, 0.05) is 0 Å². The van der Waals surface area contributed by atoms with E-state index in [-0.39, 0.29) is 0 Å². The lowest BCUT2D eigenvalue weighted by Crippen LogP contribution is -2.24. The summed E-state index contributed by atoms with van der Waals surface area (Å²) in [6.45, 7) is 11.1. The van der Waals surface area contributed by atoms with E-state index in [2.05, 4.69) is 51.2 Å². The summed E-state index contributed by atoms with van der Waals surface area (Å²) in [5, 5.41) is 3.46. The van der Waals surface area contributed by atoms with Crippen molar-refractivity contribution in [2.75, 3.05) is 13.1 Å². The van der Waals surface area contributed by atoms with Gasteiger partial charge in [0.15, 0.2) is 0 Å². The molecule has 0 radical (unpaired) electrons. The van der Waals surface area contributed by atoms with Gasteiger partial charge in [-0.25, -0.2) is 0 Å². The van der Waals surface area contributed by atoms with E-state index >= 15 is 0 Å². The van der Waals surface area contributed by atoms with Gasteiger partial charge in [-0.15, -0.1) is 0 Å². The zero-order valence-corrected chi connectivity index (χ0v) is 11.1. The van der Waals surface area contributed by atoms with E-state index in [0.29, 0.717) is 0 Å². The average Bonchev–Trinajstić information content (AvgIpc) is 2.28. The van der Waals surface area contributed by atoms with Gasteiger partial charge in [0.25, 0.3) is 0 Å². The van der Waals surface area contributed by atoms with Crippen LogP contribution in [0.2, 0.25) is 0 Å². The van der Waals surface area contributed by atoms with Crippen LogP contribution in [-0.4, -0.2) is 13.1 Å². The Kier molecular flexibility index (Phi) is 5.54. The second-order valence-electron chi connectivity index (χ2n) is 4.66. The summed E-state index contributed by atoms with van der Waals surface area (Å²) in [5.74, 6) is 0.764. The summed E-state index contributed by atoms with van der Waals surface area (Å²) < 4.78 is 0. The molecule has 0 aromatic heterocycles. The summed E-state index contributed by atoms with van der Waals surface area (Å²) in [5.41, 5.74) is 4.43. The van der Waals surface area contributed by atoms with Crippen LogP contribution < -0.4 is 5.32 Å². The Bertz CT molecular complexity index is 297. The molecule has 0 fully saturated rings. The largest absolute Gasteiger partial charge is 0.317 e. The van der Waals surface area contributed by atoms with Gasteiger partial charge in [0.05, 0.1) is 0 Å². The number of hydrogen-bond donors (Lipinski definition) is 1. The van der Waals surface area contributed by atoms with Gasteiger partial charge in [0.2, 0.25) is 0 Å². The third kappa shape index (κ3) is 3.64. The van der Waals surface area contributed by atoms with Crippen molar-refractivity contribution >= 4 is 0 Å². The highest BCUT2D eigenvalue weighted by Crippen LogP contribution is 2.19. The molecule has 90 valence electrons. The van der Waals surface area contributed by atoms with Crippen LogP contribution in [0, 0.1) is 19.8 Å². The molecular weight excluding hydrogens is 194 g/mol. The molecule has 1 aromatic carbocycles. The molecule has 0 heterocycles. The maximum Gasteiger partial charge on any atom is -0.00175 e. The molecule has 0 aliphatic heterocycles. The number of rotatable bonds is 6. The Balaban J connectivity index is 2.69. The van der Waals surface area contributed by atoms with Crippen LogP contribution in [-0.2, 0) is 6.42 Å². The van der Waals surface area contributed by atoms with Crippen molar-refractivity contribution in [2.45, 2.75) is 40.5 Å². The maximum absolute atomic E-state index is 3.46. The number of benzene rings is 1. The van der Waals surface area contributed by atoms with Gasteiger partial charge in [-0.2, -0.15) is 0 Å². The minimum Gasteiger partial charge on any atom is -0.317 e. The lowest BCUT2D eigenvalue weighted by atomic mass is 9.91. The van der Waals surface area contributed by atoms with Gasteiger partial charge in [-0.1, -0.05) is 38.5 Å². The topological polar surface area (TPSA) is 12.0 Å². The van der Waals surface area contributed by atoms with Gasteiger partial charge >= 0.3 is 0 Å². The first kappa shape index (κ1) is 13.2. The Morgan fingerprint density at radius 3 is 2.25 bits per heavy atom. The van der Waals surface area contributed by atoms with Gasteiger partial charge in [-0.3, -0.25) is 0 Å². The molecule has 0 bridgehead atoms. The van der Waals surface area contributed by atoms with Crippen molar-refractivity contribution in [1.29, 1.82) is 0 Å². The fourth-order valence-electron chi connectivity index (χ4n) is 2.17. The smallest absolute Gasteiger partial charge is 0.00175 e. The lowest BCUT2D eigenvalue weighted by Gasteiger charge is -2.18. The van der Waals surface area contributed by atoms with E-state index in [0.717, 1.165) is 19.0 Å². The molecule has 1 nitrogen and oxygen atoms in total. The molecule has 1 atom stereocenters. The van der Waals surface area contributed by atoms with Gasteiger partial charge in [-0.05, 0) is 56.0 Å². The summed E-state index contributed by atoms with van der Waals surface area (Å²) >= 11 is 0. The van der Waals surface area contributed by atoms with Gasteiger partial charge < -0.3 is 5.32 Å². The van der Waals surface area contributed by atoms with Gasteiger partial charge in [0.1, 0.15) is 0 Å². The van der Waals surface area contributed by atoms with Crippen molar-refractivity contribution in [3.8, 4) is 0 Å². The van der Waals surface area contributed by atoms with Crippen molar-refractivity contribution < 1.29 is 0 Å². The average molecular weight is 219 g/mol. The number of aryl methyl sites for hydroxylation is 2. The molecule has 0 spiro atoms. The molecule has 1 rings (SSSR count). The highest BCUT2D eigenvalue weighted by atomic mass is 14.8. The van der Waals surface area contributed by atoms with Crippen LogP contribution in [0.4, 0.5) is 0 Å². The molecule has 16 heavy (non-hydrogen) atoms. The zero-order valence-electron chi connectivity index (χ0n) is 11.1. The second kappa shape index (κ2) is 6.70. The predicted octanol–water partition coefficient (Wildman–Crippen LogP) is 3.48. The van der Waals surface area contributed by atoms with Crippen LogP contribution in [0.15, 0.2) is 18.2 Å². The summed E-state index contributed by atoms with van der Waals surface area (Å²) in [7, 11) is 0. The summed E-state index contributed by atoms with van der Waals surface area (Å²) in [4.78, 5) is 0. The van der Waals surface area contributed by atoms with E-state index in [1.165, 1.54) is 24.0 Å². The molecule has 0 amide bonds. The minimum atomic E-state index is 0.764. The first-order valence-corrected chi connectivity index (χ1v) is 6.44. The number of hydrogen-bond acceptors (Lipinski definition) is 1. The Morgan fingerprint density at radius 2 is 1.75 bits per heavy atom. The molecule has 0 aliphatic carbocycles. The quantitative estimate of drug-likeness (QED) is 0.772. The van der Waals surface area contributed by atoms with E-state index in [4.69, 9.17) is 0 Å². The standard InChI is InChI=1S/C15H25N/c1-5-14(11-16-6-2)10-15-12(3)8-7-9-13(15)4/h7-9,14,16H,5-6,10-11H2,1-4H3. The van der Waals surface area contributed by atoms with Crippen LogP contribution in [0.1, 0.15) is 37.0 Å². The molecule has 1 heteroatoms. The van der Waals surface area contributed by atoms with E-state index in [9.17, 15) is 0 Å². The highest BCUT2D eigenvalue weighted by Gasteiger charge is 2.10. The molecule has 0 saturated heterocycles. The summed E-state index contributed by atoms with van der Waals surface area (Å²) in [6, 6.07) is 6.60. The predicted molar refractivity (Wildman–Crippen MR) is 71.9 cm³/mol. The van der Waals surface area contributed by atoms with Crippen molar-refractivity contribution in [3.05, 3.63) is 34.9 Å². The monoisotopic (exact) mass is 219 g/mol. The fraction of sp³-hybridized carbons (Fsp3) is 0.600. The van der Waals surface area contributed by atoms with Crippen molar-refractivity contribution in [3.63, 3.8) is 0 Å². The maximum atomic E-state index is 3.46. The Labute approximate surface area is 100 Å². The third-order valence-corrected chi connectivity index (χ3v) is 3.40. The lowest BCUT2D eigenvalue weighted by molar-refractivity contribution is 0.466. The van der Waals surface area contributed by atoms with Crippen molar-refractivity contribution in [2.24, 2.45) is 5.92 Å². The molecule has 1 N–H and O–H groups in total. The molecule has 0 aliphatic rings. The van der Waals surface area contributed by atoms with Crippen LogP contribution in [0.25, 0.3) is 0 Å². The van der Waals surface area contributed by atoms with Crippen molar-refractivity contribution in [1.82, 2.24) is 5.32 Å². The normalized spacial score (nSPS) is 12.8. The van der Waals surface area contributed by atoms with E-state index in [1.807, 2.05) is 0 Å². The molecule has 1 aromatic rings. The van der Waals surface area contributed by atoms with E-state index < -0.39 is 0 Å². The van der Waals surface area contributed by atoms with E-state index in [1.54, 1.807) is 5.56 Å². The fourth-order valence-corrected chi connectivity index (χ4v) is 2.17. The third-order valence-electron chi connectivity index (χ3n) is 3.40. The summed E-state index contributed by atoms with van der Waals surface area (Å²) in [6.07, 6.45) is 2.46. The first-order chi connectivity index (χ1) is 7.69. The zero-order chi connectivity index (χ0) is 12.0. The molecular formula is C15H25N.